The van der Waals surface area contributed by atoms with E-state index in [4.69, 9.17) is 4.74 Å². The first-order valence-electron chi connectivity index (χ1n) is 11.3. The first-order chi connectivity index (χ1) is 16.4. The third-order valence-corrected chi connectivity index (χ3v) is 6.64. The Morgan fingerprint density at radius 1 is 1.29 bits per heavy atom. The van der Waals surface area contributed by atoms with Crippen LogP contribution in [0.5, 0.6) is 5.88 Å². The van der Waals surface area contributed by atoms with Gasteiger partial charge < -0.3 is 15.4 Å². The standard InChI is InChI=1S/C24H26N8O2/c1-24(14-25)9-6-16(7-10-24)28-23-29-22(34-3)20-17(8-11-32(20)30-23)15-4-5-19-27-12-18(21(33)26-2)31(19)13-15/h4-5,8,11-13,16H,6-7,9-10H2,1-3H3,(H,26,33)(H,28,30)/t16-,24+. The Bertz CT molecular complexity index is 1420. The molecule has 1 amide bonds. The van der Waals surface area contributed by atoms with Crippen LogP contribution in [-0.2, 0) is 0 Å². The van der Waals surface area contributed by atoms with Crippen molar-refractivity contribution in [2.24, 2.45) is 5.41 Å². The number of rotatable bonds is 5. The maximum Gasteiger partial charge on any atom is 0.269 e. The molecule has 4 heterocycles. The van der Waals surface area contributed by atoms with Crippen molar-refractivity contribution in [3.05, 3.63) is 42.5 Å². The van der Waals surface area contributed by atoms with E-state index in [1.165, 1.54) is 0 Å². The molecule has 4 aromatic heterocycles. The lowest BCUT2D eigenvalue weighted by molar-refractivity contribution is 0.0957. The maximum atomic E-state index is 12.2. The van der Waals surface area contributed by atoms with Crippen LogP contribution in [0.3, 0.4) is 0 Å². The molecule has 174 valence electrons. The van der Waals surface area contributed by atoms with E-state index in [-0.39, 0.29) is 17.4 Å². The predicted octanol–water partition coefficient (Wildman–Crippen LogP) is 3.30. The lowest BCUT2D eigenvalue weighted by Gasteiger charge is -2.32. The molecule has 0 atom stereocenters. The molecule has 0 unspecified atom stereocenters. The summed E-state index contributed by atoms with van der Waals surface area (Å²) < 4.78 is 9.16. The number of ether oxygens (including phenoxy) is 1. The number of methoxy groups -OCH3 is 1. The molecule has 10 heteroatoms. The van der Waals surface area contributed by atoms with Gasteiger partial charge in [0.05, 0.1) is 24.8 Å². The minimum absolute atomic E-state index is 0.208. The number of hydrogen-bond acceptors (Lipinski definition) is 7. The van der Waals surface area contributed by atoms with Gasteiger partial charge in [-0.2, -0.15) is 10.2 Å². The highest BCUT2D eigenvalue weighted by molar-refractivity contribution is 5.93. The molecule has 4 aromatic rings. The van der Waals surface area contributed by atoms with Gasteiger partial charge in [-0.25, -0.2) is 9.50 Å². The highest BCUT2D eigenvalue weighted by atomic mass is 16.5. The number of nitriles is 1. The Labute approximate surface area is 196 Å². The van der Waals surface area contributed by atoms with Crippen molar-refractivity contribution in [2.75, 3.05) is 19.5 Å². The SMILES string of the molecule is CNC(=O)c1cnc2ccc(-c3ccn4nc(N[C@H]5CC[C@@](C)(C#N)CC5)nc(OC)c34)cn12. The Hall–Kier alpha value is -4.13. The van der Waals surface area contributed by atoms with Crippen LogP contribution >= 0.6 is 0 Å². The van der Waals surface area contributed by atoms with Gasteiger partial charge in [-0.05, 0) is 50.8 Å². The summed E-state index contributed by atoms with van der Waals surface area (Å²) in [7, 11) is 3.18. The van der Waals surface area contributed by atoms with Crippen LogP contribution in [0.1, 0.15) is 43.1 Å². The second kappa shape index (κ2) is 8.33. The lowest BCUT2D eigenvalue weighted by atomic mass is 9.75. The molecule has 5 rings (SSSR count). The third kappa shape index (κ3) is 3.69. The first-order valence-corrected chi connectivity index (χ1v) is 11.3. The number of carbonyl (C=O) groups is 1. The van der Waals surface area contributed by atoms with Gasteiger partial charge >= 0.3 is 0 Å². The number of hydrogen-bond donors (Lipinski definition) is 2. The number of imidazole rings is 1. The lowest BCUT2D eigenvalue weighted by Crippen LogP contribution is -2.31. The monoisotopic (exact) mass is 458 g/mol. The molecule has 34 heavy (non-hydrogen) atoms. The summed E-state index contributed by atoms with van der Waals surface area (Å²) in [5, 5.41) is 20.1. The van der Waals surface area contributed by atoms with Gasteiger partial charge in [0.1, 0.15) is 16.9 Å². The first kappa shape index (κ1) is 21.7. The van der Waals surface area contributed by atoms with Crippen molar-refractivity contribution in [1.82, 2.24) is 29.3 Å². The number of nitrogens with one attached hydrogen (secondary N) is 2. The Balaban J connectivity index is 1.49. The minimum atomic E-state index is -0.246. The van der Waals surface area contributed by atoms with Crippen molar-refractivity contribution in [1.29, 1.82) is 5.26 Å². The number of fused-ring (bicyclic) bond motifs is 2. The molecule has 2 N–H and O–H groups in total. The molecule has 10 nitrogen and oxygen atoms in total. The molecule has 0 aliphatic heterocycles. The van der Waals surface area contributed by atoms with E-state index >= 15 is 0 Å². The molecule has 0 aromatic carbocycles. The molecule has 0 saturated heterocycles. The summed E-state index contributed by atoms with van der Waals surface area (Å²) in [6.45, 7) is 2.02. The molecular formula is C24H26N8O2. The summed E-state index contributed by atoms with van der Waals surface area (Å²) in [4.78, 5) is 21.1. The fourth-order valence-electron chi connectivity index (χ4n) is 4.56. The fraction of sp³-hybridized carbons (Fsp3) is 0.375. The smallest absolute Gasteiger partial charge is 0.269 e. The Morgan fingerprint density at radius 2 is 2.09 bits per heavy atom. The van der Waals surface area contributed by atoms with Crippen molar-refractivity contribution in [3.63, 3.8) is 0 Å². The largest absolute Gasteiger partial charge is 0.479 e. The van der Waals surface area contributed by atoms with Gasteiger partial charge in [0, 0.05) is 36.6 Å². The number of amides is 1. The van der Waals surface area contributed by atoms with Crippen LogP contribution in [0.15, 0.2) is 36.8 Å². The number of pyridine rings is 1. The van der Waals surface area contributed by atoms with Crippen LogP contribution < -0.4 is 15.4 Å². The fourth-order valence-corrected chi connectivity index (χ4v) is 4.56. The molecular weight excluding hydrogens is 432 g/mol. The second-order valence-electron chi connectivity index (χ2n) is 8.93. The average molecular weight is 459 g/mol. The van der Waals surface area contributed by atoms with Gasteiger partial charge in [0.15, 0.2) is 0 Å². The highest BCUT2D eigenvalue weighted by Crippen LogP contribution is 2.36. The number of aromatic nitrogens is 5. The summed E-state index contributed by atoms with van der Waals surface area (Å²) in [5.74, 6) is 0.734. The molecule has 1 saturated carbocycles. The normalized spacial score (nSPS) is 20.2. The Kier molecular flexibility index (Phi) is 5.32. The summed E-state index contributed by atoms with van der Waals surface area (Å²) in [5.41, 5.74) is 3.38. The predicted molar refractivity (Wildman–Crippen MR) is 127 cm³/mol. The van der Waals surface area contributed by atoms with Crippen molar-refractivity contribution in [3.8, 4) is 23.1 Å². The van der Waals surface area contributed by atoms with Crippen LogP contribution in [0.25, 0.3) is 22.3 Å². The van der Waals surface area contributed by atoms with E-state index in [9.17, 15) is 10.1 Å². The quantitative estimate of drug-likeness (QED) is 0.471. The van der Waals surface area contributed by atoms with Gasteiger partial charge in [0.2, 0.25) is 11.8 Å². The van der Waals surface area contributed by atoms with E-state index in [1.807, 2.05) is 37.5 Å². The molecule has 1 aliphatic carbocycles. The molecule has 1 fully saturated rings. The van der Waals surface area contributed by atoms with Crippen molar-refractivity contribution in [2.45, 2.75) is 38.6 Å². The third-order valence-electron chi connectivity index (χ3n) is 6.64. The van der Waals surface area contributed by atoms with Crippen molar-refractivity contribution < 1.29 is 9.53 Å². The second-order valence-corrected chi connectivity index (χ2v) is 8.93. The molecule has 0 spiro atoms. The maximum absolute atomic E-state index is 12.2. The average Bonchev–Trinajstić information content (AvgIpc) is 3.48. The van der Waals surface area contributed by atoms with Gasteiger partial charge in [-0.3, -0.25) is 9.20 Å². The number of anilines is 1. The zero-order valence-corrected chi connectivity index (χ0v) is 19.4. The molecule has 1 aliphatic rings. The number of carbonyl (C=O) groups excluding carboxylic acids is 1. The summed E-state index contributed by atoms with van der Waals surface area (Å²) in [6, 6.07) is 8.42. The highest BCUT2D eigenvalue weighted by Gasteiger charge is 2.31. The topological polar surface area (TPSA) is 122 Å². The Morgan fingerprint density at radius 3 is 2.79 bits per heavy atom. The van der Waals surface area contributed by atoms with E-state index in [0.717, 1.165) is 42.3 Å². The zero-order valence-electron chi connectivity index (χ0n) is 19.4. The summed E-state index contributed by atoms with van der Waals surface area (Å²) in [6.07, 6.45) is 8.79. The van der Waals surface area contributed by atoms with E-state index in [1.54, 1.807) is 29.3 Å². The van der Waals surface area contributed by atoms with E-state index in [0.29, 0.717) is 23.2 Å². The van der Waals surface area contributed by atoms with Gasteiger partial charge in [-0.1, -0.05) is 0 Å². The zero-order chi connectivity index (χ0) is 23.9. The summed E-state index contributed by atoms with van der Waals surface area (Å²) >= 11 is 0. The van der Waals surface area contributed by atoms with Gasteiger partial charge in [0.25, 0.3) is 5.91 Å². The van der Waals surface area contributed by atoms with Crippen molar-refractivity contribution >= 4 is 23.0 Å². The van der Waals surface area contributed by atoms with Gasteiger partial charge in [-0.15, -0.1) is 5.10 Å². The molecule has 0 bridgehead atoms. The van der Waals surface area contributed by atoms with E-state index < -0.39 is 0 Å². The molecule has 0 radical (unpaired) electrons. The van der Waals surface area contributed by atoms with Crippen LogP contribution in [0.4, 0.5) is 5.95 Å². The van der Waals surface area contributed by atoms with Crippen LogP contribution in [0.2, 0.25) is 0 Å². The number of nitrogens with zero attached hydrogens (tertiary/aromatic N) is 6. The van der Waals surface area contributed by atoms with E-state index in [2.05, 4.69) is 31.8 Å². The van der Waals surface area contributed by atoms with Crippen LogP contribution in [-0.4, -0.2) is 50.1 Å². The minimum Gasteiger partial charge on any atom is -0.479 e. The van der Waals surface area contributed by atoms with Crippen LogP contribution in [0, 0.1) is 16.7 Å².